The molecule has 0 radical (unpaired) electrons. The molecule has 0 bridgehead atoms. The molecule has 13 heavy (non-hydrogen) atoms. The molecule has 2 aromatic rings. The molecule has 68 valence electrons. The summed E-state index contributed by atoms with van der Waals surface area (Å²) in [6.07, 6.45) is 1.65. The molecule has 4 heteroatoms. The summed E-state index contributed by atoms with van der Waals surface area (Å²) in [4.78, 5) is 5.51. The van der Waals surface area contributed by atoms with Crippen molar-refractivity contribution in [1.82, 2.24) is 4.98 Å². The molecule has 2 nitrogen and oxygen atoms in total. The van der Waals surface area contributed by atoms with Gasteiger partial charge in [0.25, 0.3) is 0 Å². The van der Waals surface area contributed by atoms with E-state index in [0.717, 1.165) is 21.3 Å². The van der Waals surface area contributed by atoms with Gasteiger partial charge in [-0.15, -0.1) is 22.9 Å². The third-order valence-electron chi connectivity index (χ3n) is 1.71. The molecular formula is C9H8ClNOS. The Kier molecular flexibility index (Phi) is 2.38. The van der Waals surface area contributed by atoms with Crippen molar-refractivity contribution in [3.63, 3.8) is 0 Å². The number of hydrogen-bond acceptors (Lipinski definition) is 3. The summed E-state index contributed by atoms with van der Waals surface area (Å²) in [5.41, 5.74) is 0.908. The number of rotatable bonds is 2. The average molecular weight is 214 g/mol. The van der Waals surface area contributed by atoms with E-state index in [1.807, 2.05) is 19.1 Å². The van der Waals surface area contributed by atoms with Gasteiger partial charge in [0.15, 0.2) is 5.76 Å². The van der Waals surface area contributed by atoms with Gasteiger partial charge in [-0.1, -0.05) is 0 Å². The normalized spacial score (nSPS) is 10.6. The molecule has 2 heterocycles. The van der Waals surface area contributed by atoms with Crippen LogP contribution in [0, 0.1) is 6.92 Å². The highest BCUT2D eigenvalue weighted by atomic mass is 35.5. The third-order valence-corrected chi connectivity index (χ3v) is 3.09. The molecule has 0 fully saturated rings. The minimum absolute atomic E-state index is 0.464. The summed E-state index contributed by atoms with van der Waals surface area (Å²) in [5.74, 6) is 1.27. The van der Waals surface area contributed by atoms with Gasteiger partial charge in [0.2, 0.25) is 0 Å². The molecule has 0 spiro atoms. The van der Waals surface area contributed by atoms with E-state index in [0.29, 0.717) is 5.88 Å². The Labute approximate surface area is 85.2 Å². The highest BCUT2D eigenvalue weighted by molar-refractivity contribution is 7.12. The molecule has 0 aliphatic heterocycles. The fraction of sp³-hybridized carbons (Fsp3) is 0.222. The first-order chi connectivity index (χ1) is 6.31. The van der Waals surface area contributed by atoms with Gasteiger partial charge in [-0.2, -0.15) is 0 Å². The zero-order chi connectivity index (χ0) is 9.26. The van der Waals surface area contributed by atoms with Crippen molar-refractivity contribution in [2.24, 2.45) is 0 Å². The summed E-state index contributed by atoms with van der Waals surface area (Å²) in [6, 6.07) is 3.76. The summed E-state index contributed by atoms with van der Waals surface area (Å²) < 4.78 is 5.26. The SMILES string of the molecule is Cc1sc(CCl)nc1-c1ccco1. The average Bonchev–Trinajstić information content (AvgIpc) is 2.72. The van der Waals surface area contributed by atoms with Gasteiger partial charge in [0.1, 0.15) is 10.7 Å². The van der Waals surface area contributed by atoms with Crippen LogP contribution >= 0.6 is 22.9 Å². The Morgan fingerprint density at radius 1 is 1.62 bits per heavy atom. The van der Waals surface area contributed by atoms with E-state index in [2.05, 4.69) is 4.98 Å². The summed E-state index contributed by atoms with van der Waals surface area (Å²) >= 11 is 7.30. The second kappa shape index (κ2) is 3.52. The van der Waals surface area contributed by atoms with Crippen LogP contribution in [0.4, 0.5) is 0 Å². The molecule has 0 atom stereocenters. The van der Waals surface area contributed by atoms with Crippen molar-refractivity contribution in [1.29, 1.82) is 0 Å². The number of thiazole rings is 1. The molecule has 0 aliphatic rings. The number of hydrogen-bond donors (Lipinski definition) is 0. The minimum Gasteiger partial charge on any atom is -0.463 e. The topological polar surface area (TPSA) is 26.0 Å². The van der Waals surface area contributed by atoms with Crippen LogP contribution in [0.25, 0.3) is 11.5 Å². The second-order valence-electron chi connectivity index (χ2n) is 2.62. The molecule has 0 unspecified atom stereocenters. The van der Waals surface area contributed by atoms with Crippen LogP contribution in [0.2, 0.25) is 0 Å². The maximum atomic E-state index is 5.69. The number of alkyl halides is 1. The molecule has 0 N–H and O–H groups in total. The Bertz CT molecular complexity index is 394. The van der Waals surface area contributed by atoms with Crippen LogP contribution < -0.4 is 0 Å². The maximum Gasteiger partial charge on any atom is 0.153 e. The van der Waals surface area contributed by atoms with Crippen LogP contribution in [0.1, 0.15) is 9.88 Å². The first kappa shape index (κ1) is 8.78. The van der Waals surface area contributed by atoms with E-state index in [-0.39, 0.29) is 0 Å². The standard InChI is InChI=1S/C9H8ClNOS/c1-6-9(7-3-2-4-12-7)11-8(5-10)13-6/h2-4H,5H2,1H3. The Morgan fingerprint density at radius 2 is 2.46 bits per heavy atom. The fourth-order valence-electron chi connectivity index (χ4n) is 1.15. The largest absolute Gasteiger partial charge is 0.463 e. The van der Waals surface area contributed by atoms with Crippen LogP contribution in [0.15, 0.2) is 22.8 Å². The Balaban J connectivity index is 2.46. The number of halogens is 1. The molecule has 0 aliphatic carbocycles. The van der Waals surface area contributed by atoms with Crippen molar-refractivity contribution >= 4 is 22.9 Å². The maximum absolute atomic E-state index is 5.69. The monoisotopic (exact) mass is 213 g/mol. The van der Waals surface area contributed by atoms with Gasteiger partial charge in [-0.25, -0.2) is 4.98 Å². The third kappa shape index (κ3) is 1.62. The molecule has 0 amide bonds. The van der Waals surface area contributed by atoms with Gasteiger partial charge < -0.3 is 4.42 Å². The first-order valence-electron chi connectivity index (χ1n) is 3.87. The molecular weight excluding hydrogens is 206 g/mol. The number of aromatic nitrogens is 1. The van der Waals surface area contributed by atoms with Crippen molar-refractivity contribution < 1.29 is 4.42 Å². The summed E-state index contributed by atoms with van der Waals surface area (Å²) in [7, 11) is 0. The summed E-state index contributed by atoms with van der Waals surface area (Å²) in [5, 5.41) is 0.936. The molecule has 0 saturated heterocycles. The molecule has 0 aromatic carbocycles. The van der Waals surface area contributed by atoms with E-state index in [1.54, 1.807) is 17.6 Å². The van der Waals surface area contributed by atoms with Crippen LogP contribution in [-0.4, -0.2) is 4.98 Å². The zero-order valence-corrected chi connectivity index (χ0v) is 8.65. The lowest BCUT2D eigenvalue weighted by Crippen LogP contribution is -1.77. The highest BCUT2D eigenvalue weighted by Crippen LogP contribution is 2.28. The lowest BCUT2D eigenvalue weighted by atomic mass is 10.3. The van der Waals surface area contributed by atoms with Gasteiger partial charge in [-0.05, 0) is 19.1 Å². The fourth-order valence-corrected chi connectivity index (χ4v) is 2.16. The van der Waals surface area contributed by atoms with E-state index in [1.165, 1.54) is 0 Å². The Morgan fingerprint density at radius 3 is 3.00 bits per heavy atom. The zero-order valence-electron chi connectivity index (χ0n) is 7.08. The van der Waals surface area contributed by atoms with Crippen molar-refractivity contribution in [3.05, 3.63) is 28.3 Å². The second-order valence-corrected chi connectivity index (χ2v) is 4.18. The quantitative estimate of drug-likeness (QED) is 0.715. The predicted molar refractivity (Wildman–Crippen MR) is 54.1 cm³/mol. The number of aryl methyl sites for hydroxylation is 1. The van der Waals surface area contributed by atoms with Gasteiger partial charge in [-0.3, -0.25) is 0 Å². The Hall–Kier alpha value is -0.800. The van der Waals surface area contributed by atoms with E-state index in [9.17, 15) is 0 Å². The van der Waals surface area contributed by atoms with Crippen molar-refractivity contribution in [2.75, 3.05) is 0 Å². The van der Waals surface area contributed by atoms with Crippen LogP contribution in [-0.2, 0) is 5.88 Å². The van der Waals surface area contributed by atoms with Gasteiger partial charge in [0, 0.05) is 4.88 Å². The smallest absolute Gasteiger partial charge is 0.153 e. The van der Waals surface area contributed by atoms with E-state index in [4.69, 9.17) is 16.0 Å². The minimum atomic E-state index is 0.464. The predicted octanol–water partition coefficient (Wildman–Crippen LogP) is 3.45. The van der Waals surface area contributed by atoms with E-state index < -0.39 is 0 Å². The molecule has 2 rings (SSSR count). The van der Waals surface area contributed by atoms with Crippen molar-refractivity contribution in [2.45, 2.75) is 12.8 Å². The number of furan rings is 1. The van der Waals surface area contributed by atoms with Crippen LogP contribution in [0.5, 0.6) is 0 Å². The van der Waals surface area contributed by atoms with Crippen molar-refractivity contribution in [3.8, 4) is 11.5 Å². The summed E-state index contributed by atoms with van der Waals surface area (Å²) in [6.45, 7) is 2.02. The lowest BCUT2D eigenvalue weighted by molar-refractivity contribution is 0.580. The lowest BCUT2D eigenvalue weighted by Gasteiger charge is -1.89. The van der Waals surface area contributed by atoms with Crippen LogP contribution in [0.3, 0.4) is 0 Å². The highest BCUT2D eigenvalue weighted by Gasteiger charge is 2.10. The molecule has 2 aromatic heterocycles. The first-order valence-corrected chi connectivity index (χ1v) is 5.22. The van der Waals surface area contributed by atoms with E-state index >= 15 is 0 Å². The van der Waals surface area contributed by atoms with Gasteiger partial charge in [0.05, 0.1) is 12.1 Å². The molecule has 0 saturated carbocycles. The van der Waals surface area contributed by atoms with Gasteiger partial charge >= 0.3 is 0 Å². The number of nitrogens with zero attached hydrogens (tertiary/aromatic N) is 1.